The quantitative estimate of drug-likeness (QED) is 0.274. The van der Waals surface area contributed by atoms with Crippen LogP contribution in [0.4, 0.5) is 11.4 Å². The molecule has 2 rings (SSSR count). The molecule has 1 saturated heterocycles. The fraction of sp³-hybridized carbons (Fsp3) is 0.333. The van der Waals surface area contributed by atoms with Crippen molar-refractivity contribution >= 4 is 39.2 Å². The number of aryl methyl sites for hydroxylation is 1. The Hall–Kier alpha value is -2.42. The van der Waals surface area contributed by atoms with E-state index in [-0.39, 0.29) is 16.9 Å². The summed E-state index contributed by atoms with van der Waals surface area (Å²) in [7, 11) is 0. The maximum absolute atomic E-state index is 11.9. The lowest BCUT2D eigenvalue weighted by Crippen LogP contribution is -2.42. The molecule has 0 atom stereocenters. The van der Waals surface area contributed by atoms with E-state index < -0.39 is 22.6 Å². The first-order valence-electron chi connectivity index (χ1n) is 6.91. The van der Waals surface area contributed by atoms with Crippen LogP contribution in [0.25, 0.3) is 0 Å². The Morgan fingerprint density at radius 2 is 1.79 bits per heavy atom. The normalized spacial score (nSPS) is 16.3. The Kier molecular flexibility index (Phi) is 4.66. The molecule has 1 aromatic rings. The molecule has 0 spiro atoms. The van der Waals surface area contributed by atoms with Crippen LogP contribution in [0, 0.1) is 24.0 Å². The van der Waals surface area contributed by atoms with Gasteiger partial charge in [-0.3, -0.25) is 10.1 Å². The Balaban J connectivity index is 2.42. The first-order valence-corrected chi connectivity index (χ1v) is 7.70. The number of halogens is 1. The van der Waals surface area contributed by atoms with Crippen molar-refractivity contribution in [2.24, 2.45) is 0 Å². The van der Waals surface area contributed by atoms with E-state index >= 15 is 0 Å². The van der Waals surface area contributed by atoms with Crippen molar-refractivity contribution in [3.05, 3.63) is 43.6 Å². The van der Waals surface area contributed by atoms with E-state index in [9.17, 15) is 19.7 Å². The number of hydrogen-bond donors (Lipinski definition) is 1. The summed E-state index contributed by atoms with van der Waals surface area (Å²) in [4.78, 5) is 34.5. The van der Waals surface area contributed by atoms with Crippen molar-refractivity contribution in [3.63, 3.8) is 0 Å². The van der Waals surface area contributed by atoms with Crippen molar-refractivity contribution in [3.8, 4) is 0 Å². The lowest BCUT2D eigenvalue weighted by atomic mass is 10.1. The Morgan fingerprint density at radius 3 is 2.29 bits per heavy atom. The summed E-state index contributed by atoms with van der Waals surface area (Å²) in [5.74, 6) is -3.09. The van der Waals surface area contributed by atoms with Crippen molar-refractivity contribution in [1.82, 2.24) is 0 Å². The molecule has 1 aliphatic heterocycles. The van der Waals surface area contributed by atoms with Gasteiger partial charge in [-0.05, 0) is 40.9 Å². The largest absolute Gasteiger partial charge is 0.419 e. The molecule has 0 unspecified atom stereocenters. The zero-order valence-electron chi connectivity index (χ0n) is 13.4. The number of nitrogens with one attached hydrogen (secondary N) is 1. The summed E-state index contributed by atoms with van der Waals surface area (Å²) < 4.78 is 10.4. The lowest BCUT2D eigenvalue weighted by Gasteiger charge is -2.29. The number of nitrogens with zero attached hydrogens (tertiary/aromatic N) is 1. The topological polar surface area (TPSA) is 108 Å². The number of carbonyl (C=O) groups excluding carboxylic acids is 2. The second-order valence-electron chi connectivity index (χ2n) is 5.66. The second-order valence-corrected chi connectivity index (χ2v) is 6.46. The molecule has 9 heteroatoms. The number of nitro groups is 1. The van der Waals surface area contributed by atoms with Gasteiger partial charge in [0, 0.05) is 26.1 Å². The number of nitro benzene ring substituents is 1. The van der Waals surface area contributed by atoms with Crippen LogP contribution < -0.4 is 5.32 Å². The molecule has 1 N–H and O–H groups in total. The summed E-state index contributed by atoms with van der Waals surface area (Å²) in [6.45, 7) is 6.38. The van der Waals surface area contributed by atoms with Gasteiger partial charge < -0.3 is 14.8 Å². The third kappa shape index (κ3) is 3.40. The van der Waals surface area contributed by atoms with Crippen molar-refractivity contribution in [1.29, 1.82) is 0 Å². The van der Waals surface area contributed by atoms with Crippen LogP contribution in [0.2, 0.25) is 0 Å². The van der Waals surface area contributed by atoms with Crippen LogP contribution in [-0.2, 0) is 19.1 Å². The third-order valence-corrected chi connectivity index (χ3v) is 4.42. The van der Waals surface area contributed by atoms with Gasteiger partial charge in [0.05, 0.1) is 9.40 Å². The summed E-state index contributed by atoms with van der Waals surface area (Å²) in [6.07, 6.45) is 1.04. The molecule has 0 aliphatic carbocycles. The van der Waals surface area contributed by atoms with Gasteiger partial charge in [0.25, 0.3) is 11.5 Å². The van der Waals surface area contributed by atoms with E-state index in [1.807, 2.05) is 0 Å². The Labute approximate surface area is 146 Å². The van der Waals surface area contributed by atoms with Gasteiger partial charge in [-0.2, -0.15) is 0 Å². The number of ether oxygens (including phenoxy) is 2. The standard InChI is InChI=1S/C15H15BrN2O6/c1-7-5-10(18(21)22)12(11(16)8(7)2)17-6-9-13(19)23-15(3,4)24-14(9)20/h5-6,17H,1-4H3. The molecule has 0 amide bonds. The van der Waals surface area contributed by atoms with Gasteiger partial charge in [0.1, 0.15) is 5.69 Å². The summed E-state index contributed by atoms with van der Waals surface area (Å²) in [5.41, 5.74) is 1.07. The smallest absolute Gasteiger partial charge is 0.350 e. The number of carbonyl (C=O) groups is 2. The Morgan fingerprint density at radius 1 is 1.25 bits per heavy atom. The Bertz CT molecular complexity index is 763. The van der Waals surface area contributed by atoms with Crippen LogP contribution in [0.15, 0.2) is 22.3 Å². The third-order valence-electron chi connectivity index (χ3n) is 3.42. The zero-order valence-corrected chi connectivity index (χ0v) is 15.0. The van der Waals surface area contributed by atoms with Crippen molar-refractivity contribution < 1.29 is 24.0 Å². The minimum Gasteiger partial charge on any atom is -0.419 e. The summed E-state index contributed by atoms with van der Waals surface area (Å²) in [5, 5.41) is 13.9. The molecule has 1 aliphatic rings. The minimum absolute atomic E-state index is 0.126. The highest BCUT2D eigenvalue weighted by molar-refractivity contribution is 9.10. The van der Waals surface area contributed by atoms with Gasteiger partial charge in [-0.1, -0.05) is 0 Å². The molecule has 8 nitrogen and oxygen atoms in total. The first kappa shape index (κ1) is 17.9. The first-order chi connectivity index (χ1) is 11.0. The second kappa shape index (κ2) is 6.23. The van der Waals surface area contributed by atoms with Crippen LogP contribution in [0.1, 0.15) is 25.0 Å². The predicted octanol–water partition coefficient (Wildman–Crippen LogP) is 3.11. The average molecular weight is 399 g/mol. The molecular formula is C15H15BrN2O6. The monoisotopic (exact) mass is 398 g/mol. The van der Waals surface area contributed by atoms with E-state index in [4.69, 9.17) is 9.47 Å². The number of hydrogen-bond acceptors (Lipinski definition) is 7. The lowest BCUT2D eigenvalue weighted by molar-refractivity contribution is -0.384. The number of esters is 2. The van der Waals surface area contributed by atoms with Crippen LogP contribution in [-0.4, -0.2) is 22.6 Å². The average Bonchev–Trinajstić information content (AvgIpc) is 2.44. The maximum atomic E-state index is 11.9. The van der Waals surface area contributed by atoms with Crippen LogP contribution in [0.5, 0.6) is 0 Å². The van der Waals surface area contributed by atoms with Gasteiger partial charge in [0.15, 0.2) is 5.57 Å². The molecular weight excluding hydrogens is 384 g/mol. The zero-order chi connectivity index (χ0) is 18.2. The van der Waals surface area contributed by atoms with Crippen molar-refractivity contribution in [2.75, 3.05) is 5.32 Å². The van der Waals surface area contributed by atoms with E-state index in [1.165, 1.54) is 19.9 Å². The van der Waals surface area contributed by atoms with E-state index in [0.29, 0.717) is 4.47 Å². The molecule has 1 aromatic carbocycles. The SMILES string of the molecule is Cc1cc([N+](=O)[O-])c(NC=C2C(=O)OC(C)(C)OC2=O)c(Br)c1C. The van der Waals surface area contributed by atoms with Crippen molar-refractivity contribution in [2.45, 2.75) is 33.5 Å². The fourth-order valence-corrected chi connectivity index (χ4v) is 2.69. The summed E-state index contributed by atoms with van der Waals surface area (Å²) >= 11 is 3.29. The minimum atomic E-state index is -1.35. The van der Waals surface area contributed by atoms with E-state index in [2.05, 4.69) is 21.2 Å². The van der Waals surface area contributed by atoms with Gasteiger partial charge in [0.2, 0.25) is 0 Å². The highest BCUT2D eigenvalue weighted by atomic mass is 79.9. The number of rotatable bonds is 3. The van der Waals surface area contributed by atoms with Gasteiger partial charge in [-0.15, -0.1) is 0 Å². The number of benzene rings is 1. The van der Waals surface area contributed by atoms with E-state index in [1.54, 1.807) is 13.8 Å². The number of anilines is 1. The highest BCUT2D eigenvalue weighted by Gasteiger charge is 2.39. The molecule has 0 saturated carbocycles. The molecule has 1 fully saturated rings. The van der Waals surface area contributed by atoms with E-state index in [0.717, 1.165) is 17.3 Å². The van der Waals surface area contributed by atoms with Gasteiger partial charge in [-0.25, -0.2) is 9.59 Å². The molecule has 0 radical (unpaired) electrons. The maximum Gasteiger partial charge on any atom is 0.350 e. The summed E-state index contributed by atoms with van der Waals surface area (Å²) in [6, 6.07) is 1.40. The molecule has 0 bridgehead atoms. The predicted molar refractivity (Wildman–Crippen MR) is 88.2 cm³/mol. The molecule has 1 heterocycles. The van der Waals surface area contributed by atoms with Gasteiger partial charge >= 0.3 is 11.9 Å². The fourth-order valence-electron chi connectivity index (χ4n) is 2.06. The molecule has 24 heavy (non-hydrogen) atoms. The number of cyclic esters (lactones) is 2. The van der Waals surface area contributed by atoms with Crippen LogP contribution in [0.3, 0.4) is 0 Å². The molecule has 128 valence electrons. The van der Waals surface area contributed by atoms with Crippen LogP contribution >= 0.6 is 15.9 Å². The highest BCUT2D eigenvalue weighted by Crippen LogP contribution is 2.37. The molecule has 0 aromatic heterocycles.